The highest BCUT2D eigenvalue weighted by atomic mass is 16.3. The molecule has 1 aliphatic carbocycles. The highest BCUT2D eigenvalue weighted by Crippen LogP contribution is 2.09. The maximum atomic E-state index is 9.11. The molecule has 0 aliphatic heterocycles. The van der Waals surface area contributed by atoms with Gasteiger partial charge in [0, 0.05) is 0 Å². The summed E-state index contributed by atoms with van der Waals surface area (Å²) < 4.78 is 0. The van der Waals surface area contributed by atoms with Crippen LogP contribution in [-0.4, -0.2) is 5.11 Å². The molecule has 48 valence electrons. The third-order valence-electron chi connectivity index (χ3n) is 1.33. The normalized spacial score (nSPS) is 18.3. The molecule has 1 nitrogen and oxygen atoms in total. The lowest BCUT2D eigenvalue weighted by Gasteiger charge is -1.93. The van der Waals surface area contributed by atoms with Crippen molar-refractivity contribution in [2.45, 2.75) is 13.3 Å². The number of aliphatic hydroxyl groups excluding tert-OH is 1. The molecule has 0 saturated heterocycles. The Labute approximate surface area is 55.0 Å². The molecule has 1 N–H and O–H groups in total. The molecule has 0 atom stereocenters. The summed E-state index contributed by atoms with van der Waals surface area (Å²) in [6.45, 7) is 1.89. The smallest absolute Gasteiger partial charge is 0.114 e. The second kappa shape index (κ2) is 2.53. The van der Waals surface area contributed by atoms with Crippen molar-refractivity contribution >= 4 is 0 Å². The summed E-state index contributed by atoms with van der Waals surface area (Å²) in [7, 11) is 0. The van der Waals surface area contributed by atoms with Crippen LogP contribution in [0.25, 0.3) is 0 Å². The molecule has 1 heteroatoms. The van der Waals surface area contributed by atoms with E-state index in [9.17, 15) is 0 Å². The van der Waals surface area contributed by atoms with Crippen LogP contribution < -0.4 is 0 Å². The molecule has 0 aromatic carbocycles. The van der Waals surface area contributed by atoms with Crippen molar-refractivity contribution in [3.63, 3.8) is 0 Å². The third-order valence-corrected chi connectivity index (χ3v) is 1.33. The molecule has 0 fully saturated rings. The van der Waals surface area contributed by atoms with Crippen molar-refractivity contribution in [3.05, 3.63) is 35.6 Å². The van der Waals surface area contributed by atoms with Crippen molar-refractivity contribution in [1.82, 2.24) is 0 Å². The van der Waals surface area contributed by atoms with Crippen LogP contribution in [-0.2, 0) is 0 Å². The maximum Gasteiger partial charge on any atom is 0.114 e. The van der Waals surface area contributed by atoms with E-state index in [1.54, 1.807) is 6.08 Å². The lowest BCUT2D eigenvalue weighted by molar-refractivity contribution is 0.422. The zero-order chi connectivity index (χ0) is 6.69. The molecule has 0 radical (unpaired) electrons. The first-order chi connectivity index (χ1) is 4.30. The Kier molecular flexibility index (Phi) is 1.73. The van der Waals surface area contributed by atoms with Gasteiger partial charge in [0.1, 0.15) is 5.76 Å². The van der Waals surface area contributed by atoms with Gasteiger partial charge < -0.3 is 5.11 Å². The Morgan fingerprint density at radius 2 is 2.33 bits per heavy atom. The minimum absolute atomic E-state index is 0.403. The molecule has 0 spiro atoms. The SMILES string of the molecule is CC1=CC=CCC=C1O. The standard InChI is InChI=1S/C8H10O/c1-7-5-3-2-4-6-8(7)9/h2-3,5-6,9H,4H2,1H3. The van der Waals surface area contributed by atoms with Crippen LogP contribution in [0.15, 0.2) is 35.6 Å². The topological polar surface area (TPSA) is 20.2 Å². The van der Waals surface area contributed by atoms with Crippen LogP contribution in [0.4, 0.5) is 0 Å². The van der Waals surface area contributed by atoms with Crippen LogP contribution in [0.2, 0.25) is 0 Å². The molecular formula is C8H10O. The fourth-order valence-electron chi connectivity index (χ4n) is 0.717. The monoisotopic (exact) mass is 122 g/mol. The van der Waals surface area contributed by atoms with Gasteiger partial charge in [0.25, 0.3) is 0 Å². The van der Waals surface area contributed by atoms with Crippen molar-refractivity contribution in [2.75, 3.05) is 0 Å². The Morgan fingerprint density at radius 3 is 3.11 bits per heavy atom. The summed E-state index contributed by atoms with van der Waals surface area (Å²) in [5, 5.41) is 9.11. The predicted molar refractivity (Wildman–Crippen MR) is 38.2 cm³/mol. The van der Waals surface area contributed by atoms with E-state index in [0.717, 1.165) is 12.0 Å². The van der Waals surface area contributed by atoms with Crippen molar-refractivity contribution in [1.29, 1.82) is 0 Å². The number of hydrogen-bond donors (Lipinski definition) is 1. The Hall–Kier alpha value is -0.980. The average Bonchev–Trinajstić information content (AvgIpc) is 1.99. The summed E-state index contributed by atoms with van der Waals surface area (Å²) in [6.07, 6.45) is 8.50. The van der Waals surface area contributed by atoms with Gasteiger partial charge in [-0.25, -0.2) is 0 Å². The predicted octanol–water partition coefficient (Wildman–Crippen LogP) is 2.33. The fourth-order valence-corrected chi connectivity index (χ4v) is 0.717. The van der Waals surface area contributed by atoms with E-state index < -0.39 is 0 Å². The van der Waals surface area contributed by atoms with Gasteiger partial charge in [-0.3, -0.25) is 0 Å². The maximum absolute atomic E-state index is 9.11. The minimum Gasteiger partial charge on any atom is -0.508 e. The first-order valence-corrected chi connectivity index (χ1v) is 3.03. The van der Waals surface area contributed by atoms with Crippen LogP contribution in [0, 0.1) is 0 Å². The third kappa shape index (κ3) is 1.46. The van der Waals surface area contributed by atoms with Gasteiger partial charge in [0.15, 0.2) is 0 Å². The number of rotatable bonds is 0. The van der Waals surface area contributed by atoms with Crippen LogP contribution in [0.3, 0.4) is 0 Å². The molecule has 9 heavy (non-hydrogen) atoms. The van der Waals surface area contributed by atoms with Crippen LogP contribution in [0.5, 0.6) is 0 Å². The molecular weight excluding hydrogens is 112 g/mol. The van der Waals surface area contributed by atoms with E-state index in [1.165, 1.54) is 0 Å². The zero-order valence-corrected chi connectivity index (χ0v) is 5.46. The number of hydrogen-bond acceptors (Lipinski definition) is 1. The highest BCUT2D eigenvalue weighted by molar-refractivity contribution is 5.29. The second-order valence-corrected chi connectivity index (χ2v) is 2.10. The van der Waals surface area contributed by atoms with E-state index >= 15 is 0 Å². The van der Waals surface area contributed by atoms with Gasteiger partial charge in [-0.2, -0.15) is 0 Å². The molecule has 1 rings (SSSR count). The van der Waals surface area contributed by atoms with E-state index in [0.29, 0.717) is 5.76 Å². The van der Waals surface area contributed by atoms with Crippen molar-refractivity contribution < 1.29 is 5.11 Å². The van der Waals surface area contributed by atoms with Gasteiger partial charge in [-0.15, -0.1) is 0 Å². The first-order valence-electron chi connectivity index (χ1n) is 3.03. The van der Waals surface area contributed by atoms with Crippen molar-refractivity contribution in [3.8, 4) is 0 Å². The molecule has 0 aromatic heterocycles. The van der Waals surface area contributed by atoms with Gasteiger partial charge in [0.2, 0.25) is 0 Å². The molecule has 0 heterocycles. The van der Waals surface area contributed by atoms with E-state index in [1.807, 2.05) is 25.2 Å². The Morgan fingerprint density at radius 1 is 1.56 bits per heavy atom. The summed E-state index contributed by atoms with van der Waals surface area (Å²) >= 11 is 0. The fraction of sp³-hybridized carbons (Fsp3) is 0.250. The van der Waals surface area contributed by atoms with Gasteiger partial charge in [-0.05, 0) is 25.0 Å². The summed E-state index contributed by atoms with van der Waals surface area (Å²) in [4.78, 5) is 0. The average molecular weight is 122 g/mol. The largest absolute Gasteiger partial charge is 0.508 e. The lowest BCUT2D eigenvalue weighted by atomic mass is 10.2. The molecule has 0 bridgehead atoms. The highest BCUT2D eigenvalue weighted by Gasteiger charge is 1.94. The molecule has 1 aliphatic rings. The number of aliphatic hydroxyl groups is 1. The van der Waals surface area contributed by atoms with E-state index in [2.05, 4.69) is 0 Å². The lowest BCUT2D eigenvalue weighted by Crippen LogP contribution is -1.79. The van der Waals surface area contributed by atoms with Crippen LogP contribution in [0.1, 0.15) is 13.3 Å². The van der Waals surface area contributed by atoms with Gasteiger partial charge in [-0.1, -0.05) is 18.2 Å². The molecule has 0 saturated carbocycles. The van der Waals surface area contributed by atoms with Gasteiger partial charge >= 0.3 is 0 Å². The summed E-state index contributed by atoms with van der Waals surface area (Å²) in [5.41, 5.74) is 0.934. The van der Waals surface area contributed by atoms with E-state index in [4.69, 9.17) is 5.11 Å². The second-order valence-electron chi connectivity index (χ2n) is 2.10. The van der Waals surface area contributed by atoms with E-state index in [-0.39, 0.29) is 0 Å². The molecule has 0 aromatic rings. The van der Waals surface area contributed by atoms with Crippen molar-refractivity contribution in [2.24, 2.45) is 0 Å². The Bertz CT molecular complexity index is 185. The molecule has 0 amide bonds. The quantitative estimate of drug-likeness (QED) is 0.522. The first kappa shape index (κ1) is 6.14. The summed E-state index contributed by atoms with van der Waals surface area (Å²) in [6, 6.07) is 0. The number of allylic oxidation sites excluding steroid dienone is 5. The summed E-state index contributed by atoms with van der Waals surface area (Å²) in [5.74, 6) is 0.403. The zero-order valence-electron chi connectivity index (χ0n) is 5.46. The molecule has 0 unspecified atom stereocenters. The minimum atomic E-state index is 0.403. The van der Waals surface area contributed by atoms with Crippen LogP contribution >= 0.6 is 0 Å². The van der Waals surface area contributed by atoms with Gasteiger partial charge in [0.05, 0.1) is 0 Å². The Balaban J connectivity index is 2.85.